The minimum atomic E-state index is -3.13. The van der Waals surface area contributed by atoms with Crippen molar-refractivity contribution in [1.82, 2.24) is 5.32 Å². The van der Waals surface area contributed by atoms with Gasteiger partial charge in [-0.05, 0) is 24.3 Å². The summed E-state index contributed by atoms with van der Waals surface area (Å²) < 4.78 is 42.2. The van der Waals surface area contributed by atoms with E-state index in [1.165, 1.54) is 24.3 Å². The molecule has 0 unspecified atom stereocenters. The van der Waals surface area contributed by atoms with E-state index in [1.54, 1.807) is 0 Å². The largest absolute Gasteiger partial charge is 0.434 e. The van der Waals surface area contributed by atoms with Crippen LogP contribution in [0.5, 0.6) is 5.75 Å². The van der Waals surface area contributed by atoms with Gasteiger partial charge in [0.15, 0.2) is 0 Å². The van der Waals surface area contributed by atoms with Crippen molar-refractivity contribution in [3.8, 4) is 5.75 Å². The Kier molecular flexibility index (Phi) is 6.31. The maximum atomic E-state index is 13.3. The number of amides is 2. The molecule has 0 aromatic heterocycles. The zero-order valence-corrected chi connectivity index (χ0v) is 13.4. The maximum absolute atomic E-state index is 13.3. The number of hydrogen-bond acceptors (Lipinski definition) is 5. The van der Waals surface area contributed by atoms with Crippen LogP contribution >= 0.6 is 0 Å². The smallest absolute Gasteiger partial charge is 0.387 e. The van der Waals surface area contributed by atoms with Gasteiger partial charge in [-0.1, -0.05) is 12.1 Å². The highest BCUT2D eigenvalue weighted by Gasteiger charge is 2.17. The zero-order valence-electron chi connectivity index (χ0n) is 13.4. The number of alkyl halides is 2. The van der Waals surface area contributed by atoms with E-state index in [2.05, 4.69) is 15.4 Å². The zero-order chi connectivity index (χ0) is 20.0. The number of hydrogen-bond donors (Lipinski definition) is 2. The molecule has 0 bridgehead atoms. The highest BCUT2D eigenvalue weighted by molar-refractivity contribution is 6.00. The lowest BCUT2D eigenvalue weighted by molar-refractivity contribution is -0.387. The summed E-state index contributed by atoms with van der Waals surface area (Å²) >= 11 is 0. The molecular formula is C16H12F3N3O5. The predicted octanol–water partition coefficient (Wildman–Crippen LogP) is 2.70. The lowest BCUT2D eigenvalue weighted by Crippen LogP contribution is -2.33. The number of anilines is 1. The second-order valence-electron chi connectivity index (χ2n) is 5.03. The average Bonchev–Trinajstić information content (AvgIpc) is 2.61. The molecule has 0 atom stereocenters. The first-order chi connectivity index (χ1) is 12.8. The van der Waals surface area contributed by atoms with Crippen molar-refractivity contribution >= 4 is 23.2 Å². The standard InChI is InChI=1S/C16H12F3N3O5/c17-11-6-5-9(7-12(11)22(25)26)21-14(23)8-20-15(24)10-3-1-2-4-13(10)27-16(18)19/h1-7,16H,8H2,(H,20,24)(H,21,23). The molecule has 2 rings (SSSR count). The molecule has 2 aromatic carbocycles. The van der Waals surface area contributed by atoms with Gasteiger partial charge < -0.3 is 15.4 Å². The quantitative estimate of drug-likeness (QED) is 0.564. The topological polar surface area (TPSA) is 111 Å². The number of rotatable bonds is 7. The van der Waals surface area contributed by atoms with Crippen LogP contribution in [0.1, 0.15) is 10.4 Å². The lowest BCUT2D eigenvalue weighted by Gasteiger charge is -2.11. The summed E-state index contributed by atoms with van der Waals surface area (Å²) in [6.07, 6.45) is 0. The Bertz CT molecular complexity index is 876. The minimum absolute atomic E-state index is 0.0521. The molecule has 8 nitrogen and oxygen atoms in total. The van der Waals surface area contributed by atoms with Gasteiger partial charge in [0.05, 0.1) is 17.0 Å². The Hall–Kier alpha value is -3.63. The number of ether oxygens (including phenoxy) is 1. The van der Waals surface area contributed by atoms with Gasteiger partial charge in [-0.2, -0.15) is 13.2 Å². The molecule has 0 spiro atoms. The number of carbonyl (C=O) groups is 2. The third kappa shape index (κ3) is 5.42. The normalized spacial score (nSPS) is 10.4. The van der Waals surface area contributed by atoms with E-state index in [9.17, 15) is 32.9 Å². The summed E-state index contributed by atoms with van der Waals surface area (Å²) in [6.45, 7) is -3.69. The first-order valence-corrected chi connectivity index (χ1v) is 7.33. The van der Waals surface area contributed by atoms with Crippen LogP contribution < -0.4 is 15.4 Å². The van der Waals surface area contributed by atoms with Crippen LogP contribution in [0.2, 0.25) is 0 Å². The Labute approximate surface area is 150 Å². The van der Waals surface area contributed by atoms with Gasteiger partial charge in [0.1, 0.15) is 5.75 Å². The minimum Gasteiger partial charge on any atom is -0.434 e. The molecule has 0 aliphatic rings. The fourth-order valence-electron chi connectivity index (χ4n) is 2.04. The number of halogens is 3. The van der Waals surface area contributed by atoms with E-state index < -0.39 is 41.4 Å². The lowest BCUT2D eigenvalue weighted by atomic mass is 10.2. The van der Waals surface area contributed by atoms with Gasteiger partial charge in [-0.25, -0.2) is 0 Å². The van der Waals surface area contributed by atoms with Crippen LogP contribution in [0.3, 0.4) is 0 Å². The number of nitrogens with one attached hydrogen (secondary N) is 2. The molecule has 0 heterocycles. The second kappa shape index (κ2) is 8.65. The average molecular weight is 383 g/mol. The molecule has 0 aliphatic heterocycles. The number of para-hydroxylation sites is 1. The van der Waals surface area contributed by atoms with Gasteiger partial charge >= 0.3 is 12.3 Å². The first-order valence-electron chi connectivity index (χ1n) is 7.33. The third-order valence-electron chi connectivity index (χ3n) is 3.18. The number of benzene rings is 2. The summed E-state index contributed by atoms with van der Waals surface area (Å²) in [5.74, 6) is -3.04. The van der Waals surface area contributed by atoms with E-state index in [4.69, 9.17) is 0 Å². The Morgan fingerprint density at radius 2 is 1.89 bits per heavy atom. The van der Waals surface area contributed by atoms with Crippen molar-refractivity contribution in [2.75, 3.05) is 11.9 Å². The molecule has 2 aromatic rings. The summed E-state index contributed by atoms with van der Waals surface area (Å²) in [5.41, 5.74) is -1.08. The van der Waals surface area contributed by atoms with Gasteiger partial charge in [0.2, 0.25) is 11.7 Å². The van der Waals surface area contributed by atoms with Crippen LogP contribution in [0, 0.1) is 15.9 Å². The van der Waals surface area contributed by atoms with Gasteiger partial charge in [-0.15, -0.1) is 0 Å². The third-order valence-corrected chi connectivity index (χ3v) is 3.18. The predicted molar refractivity (Wildman–Crippen MR) is 87.1 cm³/mol. The van der Waals surface area contributed by atoms with Crippen LogP contribution in [-0.2, 0) is 4.79 Å². The van der Waals surface area contributed by atoms with Crippen molar-refractivity contribution in [2.45, 2.75) is 6.61 Å². The van der Waals surface area contributed by atoms with Crippen molar-refractivity contribution < 1.29 is 32.4 Å². The fraction of sp³-hybridized carbons (Fsp3) is 0.125. The second-order valence-corrected chi connectivity index (χ2v) is 5.03. The van der Waals surface area contributed by atoms with Crippen molar-refractivity contribution in [3.63, 3.8) is 0 Å². The number of carbonyl (C=O) groups excluding carboxylic acids is 2. The van der Waals surface area contributed by atoms with Crippen LogP contribution in [-0.4, -0.2) is 29.9 Å². The van der Waals surface area contributed by atoms with Crippen molar-refractivity contribution in [1.29, 1.82) is 0 Å². The van der Waals surface area contributed by atoms with Crippen LogP contribution in [0.4, 0.5) is 24.5 Å². The summed E-state index contributed by atoms with van der Waals surface area (Å²) in [4.78, 5) is 33.6. The van der Waals surface area contributed by atoms with Crippen molar-refractivity contribution in [3.05, 3.63) is 64.0 Å². The first kappa shape index (κ1) is 19.7. The molecule has 0 saturated carbocycles. The van der Waals surface area contributed by atoms with E-state index in [-0.39, 0.29) is 17.0 Å². The molecular weight excluding hydrogens is 371 g/mol. The monoisotopic (exact) mass is 383 g/mol. The molecule has 11 heteroatoms. The van der Waals surface area contributed by atoms with Gasteiger partial charge in [0, 0.05) is 11.8 Å². The van der Waals surface area contributed by atoms with Crippen molar-refractivity contribution in [2.24, 2.45) is 0 Å². The molecule has 27 heavy (non-hydrogen) atoms. The highest BCUT2D eigenvalue weighted by atomic mass is 19.3. The van der Waals surface area contributed by atoms with E-state index in [0.29, 0.717) is 0 Å². The van der Waals surface area contributed by atoms with E-state index in [0.717, 1.165) is 18.2 Å². The fourth-order valence-corrected chi connectivity index (χ4v) is 2.04. The number of nitro benzene ring substituents is 1. The molecule has 0 aliphatic carbocycles. The van der Waals surface area contributed by atoms with E-state index >= 15 is 0 Å². The molecule has 0 radical (unpaired) electrons. The number of nitrogens with zero attached hydrogens (tertiary/aromatic N) is 1. The highest BCUT2D eigenvalue weighted by Crippen LogP contribution is 2.22. The SMILES string of the molecule is O=C(CNC(=O)c1ccccc1OC(F)F)Nc1ccc(F)c([N+](=O)[O-])c1. The molecule has 2 N–H and O–H groups in total. The molecule has 142 valence electrons. The van der Waals surface area contributed by atoms with Gasteiger partial charge in [0.25, 0.3) is 5.91 Å². The van der Waals surface area contributed by atoms with Crippen LogP contribution in [0.15, 0.2) is 42.5 Å². The van der Waals surface area contributed by atoms with Crippen LogP contribution in [0.25, 0.3) is 0 Å². The maximum Gasteiger partial charge on any atom is 0.387 e. The number of nitro groups is 1. The molecule has 2 amide bonds. The molecule has 0 fully saturated rings. The Morgan fingerprint density at radius 1 is 1.19 bits per heavy atom. The summed E-state index contributed by atoms with van der Waals surface area (Å²) in [6, 6.07) is 7.94. The van der Waals surface area contributed by atoms with Gasteiger partial charge in [-0.3, -0.25) is 19.7 Å². The Balaban J connectivity index is 1.99. The molecule has 0 saturated heterocycles. The van der Waals surface area contributed by atoms with E-state index in [1.807, 2.05) is 0 Å². The Morgan fingerprint density at radius 3 is 2.56 bits per heavy atom. The summed E-state index contributed by atoms with van der Waals surface area (Å²) in [7, 11) is 0. The summed E-state index contributed by atoms with van der Waals surface area (Å²) in [5, 5.41) is 15.1.